The molecule has 4 N–H and O–H groups in total. The van der Waals surface area contributed by atoms with Gasteiger partial charge in [0.2, 0.25) is 0 Å². The van der Waals surface area contributed by atoms with Crippen LogP contribution in [0.1, 0.15) is 48.7 Å². The highest BCUT2D eigenvalue weighted by Gasteiger charge is 2.15. The van der Waals surface area contributed by atoms with Crippen LogP contribution in [-0.2, 0) is 9.47 Å². The van der Waals surface area contributed by atoms with E-state index in [1.165, 1.54) is 0 Å². The third kappa shape index (κ3) is 8.14. The van der Waals surface area contributed by atoms with Crippen molar-refractivity contribution in [1.82, 2.24) is 5.32 Å². The van der Waals surface area contributed by atoms with E-state index in [2.05, 4.69) is 12.2 Å². The Labute approximate surface area is 155 Å². The first-order valence-corrected chi connectivity index (χ1v) is 9.04. The van der Waals surface area contributed by atoms with Gasteiger partial charge in [-0.2, -0.15) is 0 Å². The second kappa shape index (κ2) is 12.6. The van der Waals surface area contributed by atoms with Crippen molar-refractivity contribution in [3.8, 4) is 5.75 Å². The molecule has 0 saturated heterocycles. The zero-order valence-electron chi connectivity index (χ0n) is 16.0. The van der Waals surface area contributed by atoms with Crippen LogP contribution < -0.4 is 15.8 Å². The molecule has 0 saturated carbocycles. The Balaban J connectivity index is 2.62. The number of ether oxygens (including phenoxy) is 3. The van der Waals surface area contributed by atoms with E-state index in [-0.39, 0.29) is 11.6 Å². The van der Waals surface area contributed by atoms with Crippen molar-refractivity contribution in [2.75, 3.05) is 40.1 Å². The normalized spacial score (nSPS) is 13.4. The highest BCUT2D eigenvalue weighted by molar-refractivity contribution is 5.95. The molecule has 0 aromatic heterocycles. The number of primary amides is 1. The van der Waals surface area contributed by atoms with E-state index >= 15 is 0 Å². The van der Waals surface area contributed by atoms with E-state index in [9.17, 15) is 9.90 Å². The van der Waals surface area contributed by atoms with Gasteiger partial charge >= 0.3 is 0 Å². The fourth-order valence-electron chi connectivity index (χ4n) is 2.49. The summed E-state index contributed by atoms with van der Waals surface area (Å²) in [4.78, 5) is 11.7. The van der Waals surface area contributed by atoms with Crippen LogP contribution in [0.5, 0.6) is 5.75 Å². The molecule has 0 heterocycles. The van der Waals surface area contributed by atoms with Crippen molar-refractivity contribution in [2.45, 2.75) is 38.8 Å². The number of methoxy groups -OCH3 is 1. The second-order valence-electron chi connectivity index (χ2n) is 6.13. The Kier molecular flexibility index (Phi) is 10.9. The van der Waals surface area contributed by atoms with Crippen LogP contribution in [0.25, 0.3) is 0 Å². The van der Waals surface area contributed by atoms with Crippen LogP contribution in [-0.4, -0.2) is 57.1 Å². The average Bonchev–Trinajstić information content (AvgIpc) is 2.63. The molecular weight excluding hydrogens is 336 g/mol. The predicted octanol–water partition coefficient (Wildman–Crippen LogP) is 1.64. The van der Waals surface area contributed by atoms with Crippen LogP contribution in [0.3, 0.4) is 0 Å². The first kappa shape index (κ1) is 22.4. The van der Waals surface area contributed by atoms with Crippen molar-refractivity contribution in [3.63, 3.8) is 0 Å². The van der Waals surface area contributed by atoms with Gasteiger partial charge in [0, 0.05) is 32.9 Å². The van der Waals surface area contributed by atoms with Gasteiger partial charge in [0.05, 0.1) is 18.3 Å². The number of hydrogen-bond acceptors (Lipinski definition) is 6. The first-order chi connectivity index (χ1) is 12.5. The van der Waals surface area contributed by atoms with E-state index in [0.29, 0.717) is 37.7 Å². The molecule has 0 bridgehead atoms. The maximum absolute atomic E-state index is 11.7. The van der Waals surface area contributed by atoms with Crippen LogP contribution in [0, 0.1) is 0 Å². The molecular formula is C19H32N2O5. The maximum Gasteiger partial charge on any atom is 0.252 e. The van der Waals surface area contributed by atoms with E-state index in [1.807, 2.05) is 6.92 Å². The van der Waals surface area contributed by atoms with Gasteiger partial charge in [-0.3, -0.25) is 4.79 Å². The lowest BCUT2D eigenvalue weighted by Gasteiger charge is -2.18. The molecule has 148 valence electrons. The number of amides is 1. The third-order valence-corrected chi connectivity index (χ3v) is 3.99. The van der Waals surface area contributed by atoms with Crippen molar-refractivity contribution in [3.05, 3.63) is 29.3 Å². The number of benzene rings is 1. The van der Waals surface area contributed by atoms with Gasteiger partial charge < -0.3 is 30.4 Å². The Morgan fingerprint density at radius 1 is 1.31 bits per heavy atom. The molecule has 1 rings (SSSR count). The Morgan fingerprint density at radius 2 is 2.08 bits per heavy atom. The van der Waals surface area contributed by atoms with Crippen molar-refractivity contribution in [1.29, 1.82) is 0 Å². The molecule has 7 nitrogen and oxygen atoms in total. The fourth-order valence-corrected chi connectivity index (χ4v) is 2.49. The molecule has 0 aliphatic heterocycles. The quantitative estimate of drug-likeness (QED) is 0.431. The Bertz CT molecular complexity index is 539. The number of rotatable bonds is 14. The zero-order chi connectivity index (χ0) is 19.4. The highest BCUT2D eigenvalue weighted by Crippen LogP contribution is 2.23. The largest absolute Gasteiger partial charge is 0.490 e. The smallest absolute Gasteiger partial charge is 0.252 e. The van der Waals surface area contributed by atoms with Gasteiger partial charge in [-0.25, -0.2) is 0 Å². The summed E-state index contributed by atoms with van der Waals surface area (Å²) in [6, 6.07) is 5.24. The summed E-state index contributed by atoms with van der Waals surface area (Å²) >= 11 is 0. The minimum atomic E-state index is -0.740. The molecule has 0 aliphatic rings. The molecule has 2 atom stereocenters. The van der Waals surface area contributed by atoms with E-state index in [4.69, 9.17) is 19.9 Å². The predicted molar refractivity (Wildman–Crippen MR) is 100 cm³/mol. The number of aliphatic hydroxyl groups is 1. The minimum Gasteiger partial charge on any atom is -0.490 e. The number of aliphatic hydroxyl groups excluding tert-OH is 1. The molecule has 1 amide bonds. The van der Waals surface area contributed by atoms with Crippen molar-refractivity contribution >= 4 is 5.91 Å². The number of nitrogens with two attached hydrogens (primary N) is 1. The lowest BCUT2D eigenvalue weighted by Crippen LogP contribution is -2.30. The summed E-state index contributed by atoms with van der Waals surface area (Å²) in [5.74, 6) is -0.194. The number of hydrogen-bond donors (Lipinski definition) is 3. The van der Waals surface area contributed by atoms with Gasteiger partial charge in [-0.05, 0) is 44.4 Å². The van der Waals surface area contributed by atoms with Crippen LogP contribution in [0.4, 0.5) is 0 Å². The summed E-state index contributed by atoms with van der Waals surface area (Å²) in [6.45, 7) is 6.44. The van der Waals surface area contributed by atoms with Crippen LogP contribution >= 0.6 is 0 Å². The summed E-state index contributed by atoms with van der Waals surface area (Å²) in [5.41, 5.74) is 6.32. The standard InChI is InChI=1S/C19H32N2O5/c1-4-25-10-11-26-18-8-7-15(12-16(18)19(20)23)17(22)13-21-14(2)6-5-9-24-3/h7-8,12,14,17,21-22H,4-6,9-11,13H2,1-3H3,(H2,20,23). The lowest BCUT2D eigenvalue weighted by molar-refractivity contribution is 0.0978. The SMILES string of the molecule is CCOCCOc1ccc(C(O)CNC(C)CCCOC)cc1C(N)=O. The molecule has 0 aliphatic carbocycles. The van der Waals surface area contributed by atoms with E-state index in [0.717, 1.165) is 19.4 Å². The zero-order valence-corrected chi connectivity index (χ0v) is 16.0. The summed E-state index contributed by atoms with van der Waals surface area (Å²) < 4.78 is 15.8. The second-order valence-corrected chi connectivity index (χ2v) is 6.13. The topological polar surface area (TPSA) is 103 Å². The number of nitrogens with one attached hydrogen (secondary N) is 1. The minimum absolute atomic E-state index is 0.256. The average molecular weight is 368 g/mol. The molecule has 0 spiro atoms. The van der Waals surface area contributed by atoms with Gasteiger partial charge in [0.1, 0.15) is 12.4 Å². The third-order valence-electron chi connectivity index (χ3n) is 3.99. The molecule has 2 unspecified atom stereocenters. The van der Waals surface area contributed by atoms with Crippen LogP contribution in [0.2, 0.25) is 0 Å². The number of carbonyl (C=O) groups is 1. The van der Waals surface area contributed by atoms with E-state index in [1.54, 1.807) is 25.3 Å². The molecule has 1 aromatic rings. The monoisotopic (exact) mass is 368 g/mol. The van der Waals surface area contributed by atoms with Gasteiger partial charge in [0.25, 0.3) is 5.91 Å². The van der Waals surface area contributed by atoms with Crippen LogP contribution in [0.15, 0.2) is 18.2 Å². The van der Waals surface area contributed by atoms with Crippen molar-refractivity contribution < 1.29 is 24.1 Å². The lowest BCUT2D eigenvalue weighted by atomic mass is 10.0. The Morgan fingerprint density at radius 3 is 2.73 bits per heavy atom. The molecule has 0 radical (unpaired) electrons. The first-order valence-electron chi connectivity index (χ1n) is 9.04. The maximum atomic E-state index is 11.7. The van der Waals surface area contributed by atoms with Gasteiger partial charge in [-0.15, -0.1) is 0 Å². The molecule has 1 aromatic carbocycles. The highest BCUT2D eigenvalue weighted by atomic mass is 16.5. The fraction of sp³-hybridized carbons (Fsp3) is 0.632. The van der Waals surface area contributed by atoms with Gasteiger partial charge in [-0.1, -0.05) is 6.07 Å². The summed E-state index contributed by atoms with van der Waals surface area (Å²) in [7, 11) is 1.68. The van der Waals surface area contributed by atoms with E-state index < -0.39 is 12.0 Å². The summed E-state index contributed by atoms with van der Waals surface area (Å²) in [5, 5.41) is 13.7. The molecule has 26 heavy (non-hydrogen) atoms. The molecule has 7 heteroatoms. The van der Waals surface area contributed by atoms with Crippen molar-refractivity contribution in [2.24, 2.45) is 5.73 Å². The van der Waals surface area contributed by atoms with Gasteiger partial charge in [0.15, 0.2) is 0 Å². The number of carbonyl (C=O) groups excluding carboxylic acids is 1. The Hall–Kier alpha value is -1.67. The molecule has 0 fully saturated rings. The summed E-state index contributed by atoms with van der Waals surface area (Å²) in [6.07, 6.45) is 1.18.